The number of fused-ring (bicyclic) bond motifs is 1. The van der Waals surface area contributed by atoms with Gasteiger partial charge in [-0.3, -0.25) is 14.7 Å². The molecule has 0 radical (unpaired) electrons. The maximum absolute atomic E-state index is 12.7. The minimum absolute atomic E-state index is 0.0737. The van der Waals surface area contributed by atoms with Crippen molar-refractivity contribution in [2.75, 3.05) is 0 Å². The lowest BCUT2D eigenvalue weighted by molar-refractivity contribution is 0.777. The van der Waals surface area contributed by atoms with Gasteiger partial charge in [-0.05, 0) is 25.5 Å². The van der Waals surface area contributed by atoms with Crippen molar-refractivity contribution in [1.29, 1.82) is 0 Å². The molecule has 0 aliphatic rings. The van der Waals surface area contributed by atoms with Crippen LogP contribution in [0, 0.1) is 13.8 Å². The molecule has 130 valence electrons. The molecule has 7 heteroatoms. The van der Waals surface area contributed by atoms with E-state index in [1.807, 2.05) is 50.2 Å². The van der Waals surface area contributed by atoms with Gasteiger partial charge in [0.15, 0.2) is 5.43 Å². The molecular weight excluding hydrogens is 330 g/mol. The molecule has 7 nitrogen and oxygen atoms in total. The normalized spacial score (nSPS) is 11.2. The van der Waals surface area contributed by atoms with E-state index in [4.69, 9.17) is 0 Å². The predicted molar refractivity (Wildman–Crippen MR) is 98.8 cm³/mol. The topological polar surface area (TPSA) is 96.4 Å². The van der Waals surface area contributed by atoms with Crippen LogP contribution < -0.4 is 11.0 Å². The molecule has 0 saturated heterocycles. The Morgan fingerprint density at radius 2 is 1.69 bits per heavy atom. The second-order valence-electron chi connectivity index (χ2n) is 6.27. The van der Waals surface area contributed by atoms with Gasteiger partial charge in [-0.15, -0.1) is 0 Å². The van der Waals surface area contributed by atoms with Crippen molar-refractivity contribution < 1.29 is 0 Å². The quantitative estimate of drug-likeness (QED) is 0.592. The molecule has 0 amide bonds. The van der Waals surface area contributed by atoms with Crippen molar-refractivity contribution in [3.05, 3.63) is 85.7 Å². The number of aromatic nitrogens is 5. The largest absolute Gasteiger partial charge is 0.343 e. The minimum Gasteiger partial charge on any atom is -0.343 e. The van der Waals surface area contributed by atoms with Gasteiger partial charge in [0.2, 0.25) is 0 Å². The molecule has 1 aromatic carbocycles. The van der Waals surface area contributed by atoms with Crippen LogP contribution in [0.4, 0.5) is 0 Å². The second kappa shape index (κ2) is 6.11. The number of nitrogens with one attached hydrogen (secondary N) is 2. The molecule has 26 heavy (non-hydrogen) atoms. The van der Waals surface area contributed by atoms with Crippen LogP contribution in [0.25, 0.3) is 17.0 Å². The van der Waals surface area contributed by atoms with Gasteiger partial charge < -0.3 is 4.98 Å². The highest BCUT2D eigenvalue weighted by Crippen LogP contribution is 2.09. The second-order valence-corrected chi connectivity index (χ2v) is 6.27. The molecular formula is C19H17N5O2. The van der Waals surface area contributed by atoms with E-state index in [-0.39, 0.29) is 16.8 Å². The van der Waals surface area contributed by atoms with Crippen LogP contribution in [0.15, 0.2) is 52.1 Å². The number of hydrogen-bond donors (Lipinski definition) is 2. The molecule has 0 aliphatic carbocycles. The van der Waals surface area contributed by atoms with Gasteiger partial charge >= 0.3 is 0 Å². The summed E-state index contributed by atoms with van der Waals surface area (Å²) in [6.45, 7) is 3.66. The predicted octanol–water partition coefficient (Wildman–Crippen LogP) is 2.00. The van der Waals surface area contributed by atoms with Crippen LogP contribution >= 0.6 is 0 Å². The number of aryl methyl sites for hydroxylation is 2. The van der Waals surface area contributed by atoms with Gasteiger partial charge in [0.25, 0.3) is 11.5 Å². The first-order valence-electron chi connectivity index (χ1n) is 8.25. The Hall–Kier alpha value is -3.48. The fraction of sp³-hybridized carbons (Fsp3) is 0.158. The summed E-state index contributed by atoms with van der Waals surface area (Å²) in [7, 11) is 0. The Bertz CT molecular complexity index is 1200. The van der Waals surface area contributed by atoms with E-state index >= 15 is 0 Å². The molecule has 0 fully saturated rings. The van der Waals surface area contributed by atoms with E-state index in [0.717, 1.165) is 22.6 Å². The SMILES string of the molecule is Cc1cc(C)nc(-n2[nH]c3[nH]c(Cc4ccccc4)cc(=O)c3c2=O)n1. The Balaban J connectivity index is 1.85. The molecule has 0 aliphatic heterocycles. The third-order valence-electron chi connectivity index (χ3n) is 4.14. The number of nitrogens with zero attached hydrogens (tertiary/aromatic N) is 3. The van der Waals surface area contributed by atoms with Crippen LogP contribution in [0.1, 0.15) is 22.6 Å². The summed E-state index contributed by atoms with van der Waals surface area (Å²) < 4.78 is 1.20. The van der Waals surface area contributed by atoms with Crippen LogP contribution in [0.2, 0.25) is 0 Å². The van der Waals surface area contributed by atoms with Crippen LogP contribution in [0.5, 0.6) is 0 Å². The van der Waals surface area contributed by atoms with E-state index in [0.29, 0.717) is 12.1 Å². The summed E-state index contributed by atoms with van der Waals surface area (Å²) in [4.78, 5) is 36.9. The van der Waals surface area contributed by atoms with Crippen molar-refractivity contribution in [3.8, 4) is 5.95 Å². The number of pyridine rings is 1. The zero-order valence-corrected chi connectivity index (χ0v) is 14.4. The van der Waals surface area contributed by atoms with Crippen molar-refractivity contribution >= 4 is 11.0 Å². The molecule has 3 aromatic heterocycles. The molecule has 0 saturated carbocycles. The smallest absolute Gasteiger partial charge is 0.287 e. The summed E-state index contributed by atoms with van der Waals surface area (Å²) in [6, 6.07) is 13.1. The number of benzene rings is 1. The summed E-state index contributed by atoms with van der Waals surface area (Å²) in [5.74, 6) is 0.223. The summed E-state index contributed by atoms with van der Waals surface area (Å²) >= 11 is 0. The highest BCUT2D eigenvalue weighted by Gasteiger charge is 2.15. The van der Waals surface area contributed by atoms with Crippen LogP contribution in [-0.4, -0.2) is 24.7 Å². The van der Waals surface area contributed by atoms with Gasteiger partial charge in [-0.2, -0.15) is 4.68 Å². The Morgan fingerprint density at radius 3 is 2.38 bits per heavy atom. The summed E-state index contributed by atoms with van der Waals surface area (Å²) in [5.41, 5.74) is 2.87. The first-order valence-corrected chi connectivity index (χ1v) is 8.25. The summed E-state index contributed by atoms with van der Waals surface area (Å²) in [6.07, 6.45) is 0.569. The standard InChI is InChI=1S/C19H17N5O2/c1-11-8-12(2)21-19(20-11)24-18(26)16-15(25)10-14(22-17(16)23-24)9-13-6-4-3-5-7-13/h3-8,10H,9H2,1-2H3,(H2,22,23,25). The van der Waals surface area contributed by atoms with Crippen molar-refractivity contribution in [2.45, 2.75) is 20.3 Å². The van der Waals surface area contributed by atoms with Crippen LogP contribution in [0.3, 0.4) is 0 Å². The average molecular weight is 347 g/mol. The van der Waals surface area contributed by atoms with Gasteiger partial charge in [-0.1, -0.05) is 30.3 Å². The fourth-order valence-corrected chi connectivity index (χ4v) is 3.04. The molecule has 0 atom stereocenters. The maximum atomic E-state index is 12.7. The minimum atomic E-state index is -0.461. The lowest BCUT2D eigenvalue weighted by Gasteiger charge is -2.03. The number of hydrogen-bond acceptors (Lipinski definition) is 4. The Labute approximate surface area is 148 Å². The van der Waals surface area contributed by atoms with E-state index in [1.54, 1.807) is 0 Å². The number of aromatic amines is 2. The maximum Gasteiger partial charge on any atom is 0.287 e. The molecule has 0 bridgehead atoms. The first kappa shape index (κ1) is 16.0. The van der Waals surface area contributed by atoms with Gasteiger partial charge in [0.1, 0.15) is 11.0 Å². The molecule has 4 aromatic rings. The van der Waals surface area contributed by atoms with E-state index in [2.05, 4.69) is 20.1 Å². The monoisotopic (exact) mass is 347 g/mol. The molecule has 0 unspecified atom stereocenters. The zero-order chi connectivity index (χ0) is 18.3. The Morgan fingerprint density at radius 1 is 1.00 bits per heavy atom. The van der Waals surface area contributed by atoms with Crippen molar-refractivity contribution in [3.63, 3.8) is 0 Å². The van der Waals surface area contributed by atoms with Gasteiger partial charge in [-0.25, -0.2) is 9.97 Å². The van der Waals surface area contributed by atoms with Crippen molar-refractivity contribution in [1.82, 2.24) is 24.7 Å². The van der Waals surface area contributed by atoms with E-state index < -0.39 is 5.56 Å². The molecule has 4 rings (SSSR count). The van der Waals surface area contributed by atoms with E-state index in [1.165, 1.54) is 10.7 Å². The molecule has 2 N–H and O–H groups in total. The van der Waals surface area contributed by atoms with Gasteiger partial charge in [0, 0.05) is 29.6 Å². The lowest BCUT2D eigenvalue weighted by Crippen LogP contribution is -2.20. The van der Waals surface area contributed by atoms with Crippen molar-refractivity contribution in [2.24, 2.45) is 0 Å². The first-order chi connectivity index (χ1) is 12.5. The zero-order valence-electron chi connectivity index (χ0n) is 14.4. The molecule has 0 spiro atoms. The number of rotatable bonds is 3. The highest BCUT2D eigenvalue weighted by atomic mass is 16.1. The third kappa shape index (κ3) is 2.83. The lowest BCUT2D eigenvalue weighted by atomic mass is 10.1. The Kier molecular flexibility index (Phi) is 3.76. The highest BCUT2D eigenvalue weighted by molar-refractivity contribution is 5.74. The van der Waals surface area contributed by atoms with E-state index in [9.17, 15) is 9.59 Å². The van der Waals surface area contributed by atoms with Gasteiger partial charge in [0.05, 0.1) is 0 Å². The van der Waals surface area contributed by atoms with Crippen LogP contribution in [-0.2, 0) is 6.42 Å². The fourth-order valence-electron chi connectivity index (χ4n) is 3.04. The number of H-pyrrole nitrogens is 2. The molecule has 3 heterocycles. The summed E-state index contributed by atoms with van der Waals surface area (Å²) in [5, 5.41) is 3.00. The average Bonchev–Trinajstić information content (AvgIpc) is 2.92. The third-order valence-corrected chi connectivity index (χ3v) is 4.14.